The van der Waals surface area contributed by atoms with Crippen LogP contribution in [0.1, 0.15) is 23.7 Å². The topological polar surface area (TPSA) is 49.0 Å². The van der Waals surface area contributed by atoms with Crippen LogP contribution in [0.4, 0.5) is 5.69 Å². The lowest BCUT2D eigenvalue weighted by Gasteiger charge is -2.13. The zero-order chi connectivity index (χ0) is 15.4. The lowest BCUT2D eigenvalue weighted by molar-refractivity contribution is 0.833. The quantitative estimate of drug-likeness (QED) is 0.681. The van der Waals surface area contributed by atoms with Gasteiger partial charge in [-0.3, -0.25) is 4.79 Å². The fourth-order valence-electron chi connectivity index (χ4n) is 2.21. The molecular formula is C16H21N3OS. The van der Waals surface area contributed by atoms with E-state index in [1.54, 1.807) is 0 Å². The van der Waals surface area contributed by atoms with Crippen LogP contribution in [0.3, 0.4) is 0 Å². The summed E-state index contributed by atoms with van der Waals surface area (Å²) >= 11 is 1.46. The van der Waals surface area contributed by atoms with Gasteiger partial charge in [0.15, 0.2) is 5.16 Å². The number of nitrogens with one attached hydrogen (secondary N) is 1. The van der Waals surface area contributed by atoms with Crippen molar-refractivity contribution < 1.29 is 0 Å². The third-order valence-corrected chi connectivity index (χ3v) is 4.02. The summed E-state index contributed by atoms with van der Waals surface area (Å²) in [6, 6.07) is 8.27. The molecular weight excluding hydrogens is 282 g/mol. The summed E-state index contributed by atoms with van der Waals surface area (Å²) in [5, 5.41) is 0.684. The highest BCUT2D eigenvalue weighted by molar-refractivity contribution is 7.98. The van der Waals surface area contributed by atoms with Crippen LogP contribution in [-0.2, 0) is 12.8 Å². The van der Waals surface area contributed by atoms with Crippen molar-refractivity contribution in [3.63, 3.8) is 0 Å². The van der Waals surface area contributed by atoms with Crippen LogP contribution < -0.4 is 10.5 Å². The van der Waals surface area contributed by atoms with E-state index in [1.807, 2.05) is 27.3 Å². The Bertz CT molecular complexity index is 662. The lowest BCUT2D eigenvalue weighted by Crippen LogP contribution is -2.19. The van der Waals surface area contributed by atoms with E-state index in [9.17, 15) is 4.79 Å². The van der Waals surface area contributed by atoms with E-state index in [0.717, 1.165) is 28.9 Å². The van der Waals surface area contributed by atoms with Crippen molar-refractivity contribution in [1.82, 2.24) is 9.97 Å². The molecule has 5 heteroatoms. The third kappa shape index (κ3) is 3.67. The van der Waals surface area contributed by atoms with Gasteiger partial charge in [0.05, 0.1) is 5.69 Å². The SMILES string of the molecule is CCc1nc(SC)[nH]c(=O)c1Cc1ccc(N(C)C)cc1. The molecule has 0 bridgehead atoms. The second-order valence-corrected chi connectivity index (χ2v) is 5.89. The van der Waals surface area contributed by atoms with Gasteiger partial charge in [-0.05, 0) is 30.4 Å². The van der Waals surface area contributed by atoms with Crippen molar-refractivity contribution >= 4 is 17.4 Å². The summed E-state index contributed by atoms with van der Waals surface area (Å²) in [6.07, 6.45) is 3.30. The monoisotopic (exact) mass is 303 g/mol. The Morgan fingerprint density at radius 2 is 1.90 bits per heavy atom. The van der Waals surface area contributed by atoms with Crippen LogP contribution >= 0.6 is 11.8 Å². The first kappa shape index (κ1) is 15.6. The van der Waals surface area contributed by atoms with Gasteiger partial charge in [0.2, 0.25) is 0 Å². The number of aromatic nitrogens is 2. The van der Waals surface area contributed by atoms with E-state index in [2.05, 4.69) is 39.1 Å². The molecule has 0 saturated heterocycles. The molecule has 0 amide bonds. The maximum atomic E-state index is 12.2. The highest BCUT2D eigenvalue weighted by atomic mass is 32.2. The Balaban J connectivity index is 2.32. The van der Waals surface area contributed by atoms with E-state index >= 15 is 0 Å². The first-order valence-corrected chi connectivity index (χ1v) is 8.20. The van der Waals surface area contributed by atoms with Gasteiger partial charge >= 0.3 is 0 Å². The molecule has 0 aliphatic rings. The Labute approximate surface area is 129 Å². The molecule has 21 heavy (non-hydrogen) atoms. The van der Waals surface area contributed by atoms with Crippen molar-refractivity contribution in [3.8, 4) is 0 Å². The molecule has 2 rings (SSSR count). The van der Waals surface area contributed by atoms with Gasteiger partial charge in [0, 0.05) is 31.8 Å². The highest BCUT2D eigenvalue weighted by Crippen LogP contribution is 2.16. The lowest BCUT2D eigenvalue weighted by atomic mass is 10.0. The number of hydrogen-bond acceptors (Lipinski definition) is 4. The Kier molecular flexibility index (Phi) is 5.07. The minimum Gasteiger partial charge on any atom is -0.378 e. The average molecular weight is 303 g/mol. The molecule has 2 aromatic rings. The third-order valence-electron chi connectivity index (χ3n) is 3.44. The number of anilines is 1. The molecule has 1 heterocycles. The molecule has 1 aromatic carbocycles. The second-order valence-electron chi connectivity index (χ2n) is 5.09. The maximum Gasteiger partial charge on any atom is 0.255 e. The minimum absolute atomic E-state index is 0.0251. The van der Waals surface area contributed by atoms with E-state index in [0.29, 0.717) is 11.6 Å². The number of thioether (sulfide) groups is 1. The number of rotatable bonds is 5. The van der Waals surface area contributed by atoms with Gasteiger partial charge < -0.3 is 9.88 Å². The van der Waals surface area contributed by atoms with E-state index < -0.39 is 0 Å². The van der Waals surface area contributed by atoms with Crippen LogP contribution in [0, 0.1) is 0 Å². The molecule has 0 aliphatic carbocycles. The summed E-state index contributed by atoms with van der Waals surface area (Å²) in [6.45, 7) is 2.03. The number of aryl methyl sites for hydroxylation is 1. The number of aromatic amines is 1. The molecule has 0 saturated carbocycles. The molecule has 0 spiro atoms. The van der Waals surface area contributed by atoms with Crippen molar-refractivity contribution in [2.75, 3.05) is 25.3 Å². The Morgan fingerprint density at radius 3 is 2.43 bits per heavy atom. The van der Waals surface area contributed by atoms with E-state index in [-0.39, 0.29) is 5.56 Å². The van der Waals surface area contributed by atoms with E-state index in [1.165, 1.54) is 11.8 Å². The number of H-pyrrole nitrogens is 1. The highest BCUT2D eigenvalue weighted by Gasteiger charge is 2.11. The normalized spacial score (nSPS) is 10.7. The van der Waals surface area contributed by atoms with Crippen LogP contribution in [0.25, 0.3) is 0 Å². The van der Waals surface area contributed by atoms with Crippen molar-refractivity contribution in [3.05, 3.63) is 51.4 Å². The number of hydrogen-bond donors (Lipinski definition) is 1. The van der Waals surface area contributed by atoms with Gasteiger partial charge in [0.25, 0.3) is 5.56 Å². The van der Waals surface area contributed by atoms with Crippen molar-refractivity contribution in [2.45, 2.75) is 24.9 Å². The predicted molar refractivity (Wildman–Crippen MR) is 89.6 cm³/mol. The fourth-order valence-corrected chi connectivity index (χ4v) is 2.61. The Morgan fingerprint density at radius 1 is 1.24 bits per heavy atom. The smallest absolute Gasteiger partial charge is 0.255 e. The molecule has 0 fully saturated rings. The minimum atomic E-state index is -0.0251. The standard InChI is InChI=1S/C16H21N3OS/c1-5-14-13(15(20)18-16(17-14)21-4)10-11-6-8-12(9-7-11)19(2)3/h6-9H,5,10H2,1-4H3,(H,17,18,20). The second kappa shape index (κ2) is 6.80. The predicted octanol–water partition coefficient (Wildman–Crippen LogP) is 2.71. The van der Waals surface area contributed by atoms with Crippen molar-refractivity contribution in [1.29, 1.82) is 0 Å². The summed E-state index contributed by atoms with van der Waals surface area (Å²) in [5.74, 6) is 0. The fraction of sp³-hybridized carbons (Fsp3) is 0.375. The molecule has 0 radical (unpaired) electrons. The van der Waals surface area contributed by atoms with Crippen LogP contribution in [0.15, 0.2) is 34.2 Å². The number of benzene rings is 1. The van der Waals surface area contributed by atoms with Crippen molar-refractivity contribution in [2.24, 2.45) is 0 Å². The van der Waals surface area contributed by atoms with Gasteiger partial charge in [-0.1, -0.05) is 30.8 Å². The van der Waals surface area contributed by atoms with Crippen LogP contribution in [0.2, 0.25) is 0 Å². The van der Waals surface area contributed by atoms with Gasteiger partial charge in [-0.15, -0.1) is 0 Å². The average Bonchev–Trinajstić information content (AvgIpc) is 2.49. The maximum absolute atomic E-state index is 12.2. The zero-order valence-electron chi connectivity index (χ0n) is 12.9. The number of nitrogens with zero attached hydrogens (tertiary/aromatic N) is 2. The first-order valence-electron chi connectivity index (χ1n) is 6.97. The summed E-state index contributed by atoms with van der Waals surface area (Å²) in [4.78, 5) is 21.6. The van der Waals surface area contributed by atoms with Gasteiger partial charge in [0.1, 0.15) is 0 Å². The Hall–Kier alpha value is -1.75. The van der Waals surface area contributed by atoms with Gasteiger partial charge in [-0.25, -0.2) is 4.98 Å². The van der Waals surface area contributed by atoms with Crippen LogP contribution in [-0.4, -0.2) is 30.3 Å². The molecule has 0 atom stereocenters. The summed E-state index contributed by atoms with van der Waals surface area (Å²) in [7, 11) is 4.03. The molecule has 1 N–H and O–H groups in total. The zero-order valence-corrected chi connectivity index (χ0v) is 13.8. The molecule has 4 nitrogen and oxygen atoms in total. The molecule has 0 unspecified atom stereocenters. The van der Waals surface area contributed by atoms with Gasteiger partial charge in [-0.2, -0.15) is 0 Å². The first-order chi connectivity index (χ1) is 10.0. The largest absolute Gasteiger partial charge is 0.378 e. The van der Waals surface area contributed by atoms with Crippen LogP contribution in [0.5, 0.6) is 0 Å². The summed E-state index contributed by atoms with van der Waals surface area (Å²) in [5.41, 5.74) is 3.91. The molecule has 0 aliphatic heterocycles. The summed E-state index contributed by atoms with van der Waals surface area (Å²) < 4.78 is 0. The molecule has 1 aromatic heterocycles. The molecule has 112 valence electrons. The van der Waals surface area contributed by atoms with E-state index in [4.69, 9.17) is 0 Å².